The summed E-state index contributed by atoms with van der Waals surface area (Å²) in [4.78, 5) is 26.1. The van der Waals surface area contributed by atoms with Crippen molar-refractivity contribution in [3.05, 3.63) is 40.5 Å². The average molecular weight is 398 g/mol. The first-order chi connectivity index (χ1) is 11.8. The van der Waals surface area contributed by atoms with E-state index in [4.69, 9.17) is 16.6 Å². The number of nitrogens with one attached hydrogen (secondary N) is 1. The van der Waals surface area contributed by atoms with Crippen LogP contribution in [0.5, 0.6) is 0 Å². The van der Waals surface area contributed by atoms with Gasteiger partial charge in [0.1, 0.15) is 10.1 Å². The minimum atomic E-state index is -3.22. The van der Waals surface area contributed by atoms with Gasteiger partial charge in [0.2, 0.25) is 5.91 Å². The summed E-state index contributed by atoms with van der Waals surface area (Å²) in [5.74, 6) is -0.197. The highest BCUT2D eigenvalue weighted by atomic mass is 32.2. The number of thioether (sulfide) groups is 1. The first-order valence-electron chi connectivity index (χ1n) is 7.33. The van der Waals surface area contributed by atoms with Crippen LogP contribution in [0.1, 0.15) is 12.2 Å². The van der Waals surface area contributed by atoms with Gasteiger partial charge in [0.25, 0.3) is 5.91 Å². The number of amides is 2. The Kier molecular flexibility index (Phi) is 5.11. The second-order valence-corrected chi connectivity index (χ2v) is 9.04. The lowest BCUT2D eigenvalue weighted by atomic mass is 10.3. The summed E-state index contributed by atoms with van der Waals surface area (Å²) in [5, 5.41) is 3.71. The highest BCUT2D eigenvalue weighted by Gasteiger charge is 2.32. The molecule has 1 fully saturated rings. The van der Waals surface area contributed by atoms with Crippen molar-refractivity contribution in [3.63, 3.8) is 0 Å². The Hall–Kier alpha value is -1.91. The quantitative estimate of drug-likeness (QED) is 0.590. The summed E-state index contributed by atoms with van der Waals surface area (Å²) >= 11 is 6.34. The van der Waals surface area contributed by atoms with Gasteiger partial charge >= 0.3 is 0 Å². The molecule has 1 saturated heterocycles. The molecule has 1 N–H and O–H groups in total. The van der Waals surface area contributed by atoms with Gasteiger partial charge in [-0.25, -0.2) is 8.42 Å². The molecule has 1 aromatic rings. The molecule has 2 aliphatic rings. The molecule has 7 nitrogen and oxygen atoms in total. The van der Waals surface area contributed by atoms with Crippen LogP contribution in [0.2, 0.25) is 0 Å². The summed E-state index contributed by atoms with van der Waals surface area (Å²) in [6, 6.07) is 2.92. The van der Waals surface area contributed by atoms with Gasteiger partial charge in [0, 0.05) is 24.4 Å². The fourth-order valence-electron chi connectivity index (χ4n) is 2.35. The number of sulfone groups is 1. The number of carbonyl (C=O) groups excluding carboxylic acids is 2. The standard InChI is InChI=1S/C15H14N2O5S3/c18-13(16-10-4-7-25(20,21)9-10)3-5-17-14(19)12(24-15(17)23)8-11-2-1-6-22-11/h1-2,4,6-8,10H,3,5,9H2,(H,16,18)/b12-8+/t10-/m0/s1. The minimum Gasteiger partial charge on any atom is -0.465 e. The van der Waals surface area contributed by atoms with Crippen LogP contribution in [0.3, 0.4) is 0 Å². The molecule has 3 heterocycles. The number of nitrogens with zero attached hydrogens (tertiary/aromatic N) is 1. The third kappa shape index (κ3) is 4.39. The number of hydrogen-bond donors (Lipinski definition) is 1. The maximum absolute atomic E-state index is 12.4. The zero-order valence-corrected chi connectivity index (χ0v) is 15.3. The largest absolute Gasteiger partial charge is 0.465 e. The summed E-state index contributed by atoms with van der Waals surface area (Å²) in [5.41, 5.74) is 0. The van der Waals surface area contributed by atoms with E-state index < -0.39 is 15.9 Å². The van der Waals surface area contributed by atoms with Crippen LogP contribution in [0.15, 0.2) is 39.2 Å². The predicted octanol–water partition coefficient (Wildman–Crippen LogP) is 1.30. The maximum atomic E-state index is 12.4. The molecule has 0 spiro atoms. The van der Waals surface area contributed by atoms with E-state index in [-0.39, 0.29) is 30.5 Å². The van der Waals surface area contributed by atoms with E-state index in [1.807, 2.05) is 0 Å². The summed E-state index contributed by atoms with van der Waals surface area (Å²) in [6.45, 7) is 0.134. The van der Waals surface area contributed by atoms with Crippen molar-refractivity contribution in [1.82, 2.24) is 10.2 Å². The Bertz CT molecular complexity index is 871. The van der Waals surface area contributed by atoms with Crippen LogP contribution >= 0.6 is 24.0 Å². The SMILES string of the molecule is O=C(CCN1C(=O)/C(=C\c2ccco2)SC1=S)N[C@H]1C=CS(=O)(=O)C1. The van der Waals surface area contributed by atoms with Crippen LogP contribution < -0.4 is 5.32 Å². The topological polar surface area (TPSA) is 96.7 Å². The molecule has 2 amide bonds. The smallest absolute Gasteiger partial charge is 0.266 e. The molecule has 0 aromatic carbocycles. The molecule has 0 aliphatic carbocycles. The van der Waals surface area contributed by atoms with Crippen molar-refractivity contribution >= 4 is 56.0 Å². The van der Waals surface area contributed by atoms with E-state index in [1.54, 1.807) is 18.2 Å². The van der Waals surface area contributed by atoms with Gasteiger partial charge in [-0.15, -0.1) is 0 Å². The lowest BCUT2D eigenvalue weighted by Gasteiger charge is -2.15. The Morgan fingerprint density at radius 1 is 1.52 bits per heavy atom. The Morgan fingerprint density at radius 2 is 2.32 bits per heavy atom. The van der Waals surface area contributed by atoms with Gasteiger partial charge < -0.3 is 9.73 Å². The van der Waals surface area contributed by atoms with Crippen LogP contribution in [0.25, 0.3) is 6.08 Å². The van der Waals surface area contributed by atoms with Gasteiger partial charge in [-0.3, -0.25) is 14.5 Å². The molecular formula is C15H14N2O5S3. The number of furan rings is 1. The highest BCUT2D eigenvalue weighted by Crippen LogP contribution is 2.32. The van der Waals surface area contributed by atoms with Crippen molar-refractivity contribution in [2.24, 2.45) is 0 Å². The molecule has 1 atom stereocenters. The molecule has 132 valence electrons. The fourth-order valence-corrected chi connectivity index (χ4v) is 4.88. The number of carbonyl (C=O) groups is 2. The van der Waals surface area contributed by atoms with Crippen LogP contribution in [0.4, 0.5) is 0 Å². The maximum Gasteiger partial charge on any atom is 0.266 e. The van der Waals surface area contributed by atoms with Crippen LogP contribution in [0, 0.1) is 0 Å². The molecular weight excluding hydrogens is 384 g/mol. The second-order valence-electron chi connectivity index (χ2n) is 5.43. The van der Waals surface area contributed by atoms with Gasteiger partial charge in [0.15, 0.2) is 9.84 Å². The normalized spacial score (nSPS) is 23.6. The number of rotatable bonds is 5. The molecule has 25 heavy (non-hydrogen) atoms. The first kappa shape index (κ1) is 17.9. The second kappa shape index (κ2) is 7.14. The van der Waals surface area contributed by atoms with E-state index in [0.29, 0.717) is 15.0 Å². The van der Waals surface area contributed by atoms with E-state index in [0.717, 1.165) is 17.2 Å². The van der Waals surface area contributed by atoms with E-state index >= 15 is 0 Å². The zero-order chi connectivity index (χ0) is 18.0. The molecule has 10 heteroatoms. The predicted molar refractivity (Wildman–Crippen MR) is 98.1 cm³/mol. The van der Waals surface area contributed by atoms with Crippen molar-refractivity contribution in [3.8, 4) is 0 Å². The molecule has 0 bridgehead atoms. The molecule has 0 unspecified atom stereocenters. The summed E-state index contributed by atoms with van der Waals surface area (Å²) in [7, 11) is -3.22. The fraction of sp³-hybridized carbons (Fsp3) is 0.267. The highest BCUT2D eigenvalue weighted by molar-refractivity contribution is 8.26. The van der Waals surface area contributed by atoms with Gasteiger partial charge in [-0.05, 0) is 18.2 Å². The third-order valence-corrected chi connectivity index (χ3v) is 6.30. The lowest BCUT2D eigenvalue weighted by molar-refractivity contribution is -0.124. The van der Waals surface area contributed by atoms with Crippen molar-refractivity contribution in [2.75, 3.05) is 12.3 Å². The monoisotopic (exact) mass is 398 g/mol. The lowest BCUT2D eigenvalue weighted by Crippen LogP contribution is -2.38. The Morgan fingerprint density at radius 3 is 2.96 bits per heavy atom. The zero-order valence-electron chi connectivity index (χ0n) is 12.9. The van der Waals surface area contributed by atoms with Crippen LogP contribution in [-0.2, 0) is 19.4 Å². The molecule has 0 radical (unpaired) electrons. The molecule has 1 aromatic heterocycles. The minimum absolute atomic E-state index is 0.0326. The van der Waals surface area contributed by atoms with Crippen molar-refractivity contribution in [1.29, 1.82) is 0 Å². The van der Waals surface area contributed by atoms with E-state index in [2.05, 4.69) is 5.32 Å². The van der Waals surface area contributed by atoms with Gasteiger partial charge in [0.05, 0.1) is 23.0 Å². The Labute approximate surface area is 154 Å². The first-order valence-corrected chi connectivity index (χ1v) is 10.3. The van der Waals surface area contributed by atoms with E-state index in [9.17, 15) is 18.0 Å². The third-order valence-electron chi connectivity index (χ3n) is 3.53. The molecule has 2 aliphatic heterocycles. The molecule has 0 saturated carbocycles. The Balaban J connectivity index is 1.54. The number of thiocarbonyl (C=S) groups is 1. The van der Waals surface area contributed by atoms with Crippen LogP contribution in [-0.4, -0.2) is 47.8 Å². The molecule has 3 rings (SSSR count). The summed E-state index contributed by atoms with van der Waals surface area (Å²) < 4.78 is 28.2. The van der Waals surface area contributed by atoms with Gasteiger partial charge in [-0.1, -0.05) is 24.0 Å². The van der Waals surface area contributed by atoms with E-state index in [1.165, 1.54) is 17.2 Å². The summed E-state index contributed by atoms with van der Waals surface area (Å²) in [6.07, 6.45) is 4.59. The van der Waals surface area contributed by atoms with Crippen molar-refractivity contribution < 1.29 is 22.4 Å². The van der Waals surface area contributed by atoms with Gasteiger partial charge in [-0.2, -0.15) is 0 Å². The number of hydrogen-bond acceptors (Lipinski definition) is 7. The van der Waals surface area contributed by atoms with Crippen molar-refractivity contribution in [2.45, 2.75) is 12.5 Å². The average Bonchev–Trinajstić information content (AvgIpc) is 3.21.